The first-order chi connectivity index (χ1) is 9.10. The van der Waals surface area contributed by atoms with Crippen LogP contribution < -0.4 is 10.1 Å². The smallest absolute Gasteiger partial charge is 0.326 e. The van der Waals surface area contributed by atoms with Crippen LogP contribution in [0.5, 0.6) is 5.88 Å². The normalized spacial score (nSPS) is 15.6. The molecule has 1 atom stereocenters. The van der Waals surface area contributed by atoms with Gasteiger partial charge in [-0.15, -0.1) is 0 Å². The van der Waals surface area contributed by atoms with Gasteiger partial charge >= 0.3 is 5.97 Å². The number of carbonyl (C=O) groups is 2. The fourth-order valence-electron chi connectivity index (χ4n) is 1.79. The van der Waals surface area contributed by atoms with E-state index >= 15 is 0 Å². The Kier molecular flexibility index (Phi) is 3.99. The van der Waals surface area contributed by atoms with Gasteiger partial charge in [0.15, 0.2) is 0 Å². The summed E-state index contributed by atoms with van der Waals surface area (Å²) < 4.78 is 4.89. The minimum Gasteiger partial charge on any atom is -0.481 e. The summed E-state index contributed by atoms with van der Waals surface area (Å²) in [7, 11) is 1.48. The first-order valence-corrected chi connectivity index (χ1v) is 6.14. The van der Waals surface area contributed by atoms with Gasteiger partial charge in [0.1, 0.15) is 6.04 Å². The number of rotatable bonds is 6. The molecule has 0 aliphatic heterocycles. The number of methoxy groups -OCH3 is 1. The van der Waals surface area contributed by atoms with Crippen molar-refractivity contribution >= 4 is 11.9 Å². The molecule has 0 saturated heterocycles. The Labute approximate surface area is 110 Å². The van der Waals surface area contributed by atoms with Crippen LogP contribution in [-0.4, -0.2) is 35.1 Å². The predicted molar refractivity (Wildman–Crippen MR) is 67.0 cm³/mol. The molecule has 2 rings (SSSR count). The Bertz CT molecular complexity index is 468. The topological polar surface area (TPSA) is 88.5 Å². The number of hydrogen-bond acceptors (Lipinski definition) is 4. The number of aromatic nitrogens is 1. The summed E-state index contributed by atoms with van der Waals surface area (Å²) in [5, 5.41) is 11.6. The SMILES string of the molecule is COc1ccc(C(=O)NC(CC2CC2)C(=O)O)cn1. The maximum Gasteiger partial charge on any atom is 0.326 e. The van der Waals surface area contributed by atoms with Crippen molar-refractivity contribution in [1.82, 2.24) is 10.3 Å². The third-order valence-corrected chi connectivity index (χ3v) is 3.08. The van der Waals surface area contributed by atoms with E-state index in [4.69, 9.17) is 9.84 Å². The van der Waals surface area contributed by atoms with Gasteiger partial charge in [-0.1, -0.05) is 12.8 Å². The van der Waals surface area contributed by atoms with E-state index in [0.29, 0.717) is 23.8 Å². The van der Waals surface area contributed by atoms with Gasteiger partial charge < -0.3 is 15.2 Å². The summed E-state index contributed by atoms with van der Waals surface area (Å²) in [6.45, 7) is 0. The molecule has 1 saturated carbocycles. The lowest BCUT2D eigenvalue weighted by molar-refractivity contribution is -0.139. The van der Waals surface area contributed by atoms with E-state index in [9.17, 15) is 9.59 Å². The van der Waals surface area contributed by atoms with Crippen molar-refractivity contribution in [1.29, 1.82) is 0 Å². The molecular formula is C13H16N2O4. The molecule has 1 aromatic heterocycles. The summed E-state index contributed by atoms with van der Waals surface area (Å²) >= 11 is 0. The van der Waals surface area contributed by atoms with E-state index < -0.39 is 17.9 Å². The Morgan fingerprint density at radius 1 is 1.53 bits per heavy atom. The molecule has 2 N–H and O–H groups in total. The fraction of sp³-hybridized carbons (Fsp3) is 0.462. The van der Waals surface area contributed by atoms with Gasteiger partial charge in [-0.3, -0.25) is 4.79 Å². The standard InChI is InChI=1S/C13H16N2O4/c1-19-11-5-4-9(7-14-11)12(16)15-10(13(17)18)6-8-2-3-8/h4-5,7-8,10H,2-3,6H2,1H3,(H,15,16)(H,17,18). The molecule has 1 heterocycles. The second kappa shape index (κ2) is 5.69. The first kappa shape index (κ1) is 13.3. The minimum atomic E-state index is -0.998. The van der Waals surface area contributed by atoms with E-state index in [1.807, 2.05) is 0 Å². The lowest BCUT2D eigenvalue weighted by Gasteiger charge is -2.14. The van der Waals surface area contributed by atoms with Crippen molar-refractivity contribution in [3.8, 4) is 5.88 Å². The predicted octanol–water partition coefficient (Wildman–Crippen LogP) is 1.07. The molecule has 1 aliphatic rings. The van der Waals surface area contributed by atoms with Gasteiger partial charge in [0, 0.05) is 12.3 Å². The number of carbonyl (C=O) groups excluding carboxylic acids is 1. The monoisotopic (exact) mass is 264 g/mol. The average Bonchev–Trinajstić information content (AvgIpc) is 3.22. The zero-order chi connectivity index (χ0) is 13.8. The van der Waals surface area contributed by atoms with Crippen molar-refractivity contribution in [2.45, 2.75) is 25.3 Å². The Hall–Kier alpha value is -2.11. The van der Waals surface area contributed by atoms with Gasteiger partial charge in [-0.2, -0.15) is 0 Å². The average molecular weight is 264 g/mol. The van der Waals surface area contributed by atoms with Crippen molar-refractivity contribution in [3.05, 3.63) is 23.9 Å². The molecule has 1 aromatic rings. The van der Waals surface area contributed by atoms with Crippen LogP contribution >= 0.6 is 0 Å². The molecule has 1 aliphatic carbocycles. The lowest BCUT2D eigenvalue weighted by Crippen LogP contribution is -2.41. The second-order valence-electron chi connectivity index (χ2n) is 4.63. The highest BCUT2D eigenvalue weighted by Crippen LogP contribution is 2.33. The summed E-state index contributed by atoms with van der Waals surface area (Å²) in [6.07, 6.45) is 3.95. The highest BCUT2D eigenvalue weighted by Gasteiger charge is 2.30. The zero-order valence-electron chi connectivity index (χ0n) is 10.6. The van der Waals surface area contributed by atoms with E-state index in [-0.39, 0.29) is 0 Å². The van der Waals surface area contributed by atoms with Gasteiger partial charge in [-0.25, -0.2) is 9.78 Å². The number of amides is 1. The van der Waals surface area contributed by atoms with Crippen LogP contribution in [0.3, 0.4) is 0 Å². The van der Waals surface area contributed by atoms with E-state index in [0.717, 1.165) is 12.8 Å². The van der Waals surface area contributed by atoms with Crippen LogP contribution in [0.1, 0.15) is 29.6 Å². The molecule has 0 spiro atoms. The van der Waals surface area contributed by atoms with Crippen LogP contribution in [0.25, 0.3) is 0 Å². The van der Waals surface area contributed by atoms with Crippen LogP contribution in [0, 0.1) is 5.92 Å². The number of carboxylic acid groups (broad SMARTS) is 1. The molecule has 6 nitrogen and oxygen atoms in total. The van der Waals surface area contributed by atoms with E-state index in [1.165, 1.54) is 13.3 Å². The van der Waals surface area contributed by atoms with E-state index in [2.05, 4.69) is 10.3 Å². The Morgan fingerprint density at radius 3 is 2.74 bits per heavy atom. The van der Waals surface area contributed by atoms with Crippen molar-refractivity contribution in [3.63, 3.8) is 0 Å². The third-order valence-electron chi connectivity index (χ3n) is 3.08. The number of aliphatic carboxylic acids is 1. The van der Waals surface area contributed by atoms with Gasteiger partial charge in [0.2, 0.25) is 5.88 Å². The summed E-state index contributed by atoms with van der Waals surface area (Å²) in [6, 6.07) is 2.28. The fourth-order valence-corrected chi connectivity index (χ4v) is 1.79. The number of pyridine rings is 1. The number of ether oxygens (including phenoxy) is 1. The quantitative estimate of drug-likeness (QED) is 0.802. The third kappa shape index (κ3) is 3.67. The summed E-state index contributed by atoms with van der Waals surface area (Å²) in [4.78, 5) is 26.9. The first-order valence-electron chi connectivity index (χ1n) is 6.14. The van der Waals surface area contributed by atoms with E-state index in [1.54, 1.807) is 12.1 Å². The van der Waals surface area contributed by atoms with Crippen molar-refractivity contribution in [2.75, 3.05) is 7.11 Å². The molecule has 19 heavy (non-hydrogen) atoms. The van der Waals surface area contributed by atoms with Crippen LogP contribution in [0.2, 0.25) is 0 Å². The van der Waals surface area contributed by atoms with Gasteiger partial charge in [-0.05, 0) is 18.4 Å². The molecule has 1 amide bonds. The molecule has 102 valence electrons. The molecule has 1 unspecified atom stereocenters. The summed E-state index contributed by atoms with van der Waals surface area (Å²) in [5.74, 6) is -0.593. The van der Waals surface area contributed by atoms with Crippen LogP contribution in [-0.2, 0) is 4.79 Å². The number of nitrogens with zero attached hydrogens (tertiary/aromatic N) is 1. The number of carboxylic acids is 1. The zero-order valence-corrected chi connectivity index (χ0v) is 10.6. The molecule has 0 radical (unpaired) electrons. The molecular weight excluding hydrogens is 248 g/mol. The van der Waals surface area contributed by atoms with Crippen molar-refractivity contribution in [2.24, 2.45) is 5.92 Å². The summed E-state index contributed by atoms with van der Waals surface area (Å²) in [5.41, 5.74) is 0.322. The Morgan fingerprint density at radius 2 is 2.26 bits per heavy atom. The van der Waals surface area contributed by atoms with Gasteiger partial charge in [0.05, 0.1) is 12.7 Å². The molecule has 1 fully saturated rings. The van der Waals surface area contributed by atoms with Crippen LogP contribution in [0.4, 0.5) is 0 Å². The molecule has 0 aromatic carbocycles. The van der Waals surface area contributed by atoms with Crippen molar-refractivity contribution < 1.29 is 19.4 Å². The Balaban J connectivity index is 1.98. The number of hydrogen-bond donors (Lipinski definition) is 2. The minimum absolute atomic E-state index is 0.322. The largest absolute Gasteiger partial charge is 0.481 e. The van der Waals surface area contributed by atoms with Gasteiger partial charge in [0.25, 0.3) is 5.91 Å². The maximum absolute atomic E-state index is 11.9. The number of nitrogens with one attached hydrogen (secondary N) is 1. The highest BCUT2D eigenvalue weighted by molar-refractivity contribution is 5.96. The second-order valence-corrected chi connectivity index (χ2v) is 4.63. The highest BCUT2D eigenvalue weighted by atomic mass is 16.5. The lowest BCUT2D eigenvalue weighted by atomic mass is 10.1. The van der Waals surface area contributed by atoms with Crippen LogP contribution in [0.15, 0.2) is 18.3 Å². The molecule has 0 bridgehead atoms. The maximum atomic E-state index is 11.9. The molecule has 6 heteroatoms.